The minimum Gasteiger partial charge on any atom is -0.356 e. The number of anilines is 2. The molecule has 5 aromatic carbocycles. The van der Waals surface area contributed by atoms with Gasteiger partial charge in [0.1, 0.15) is 0 Å². The molecule has 0 heterocycles. The summed E-state index contributed by atoms with van der Waals surface area (Å²) in [7, 11) is 0. The molecule has 2 fully saturated rings. The zero-order chi connectivity index (χ0) is 26.7. The van der Waals surface area contributed by atoms with Gasteiger partial charge in [0.2, 0.25) is 0 Å². The summed E-state index contributed by atoms with van der Waals surface area (Å²) in [5.74, 6) is 2.40. The lowest BCUT2D eigenvalue weighted by Gasteiger charge is -2.54. The van der Waals surface area contributed by atoms with Gasteiger partial charge in [0.25, 0.3) is 0 Å². The van der Waals surface area contributed by atoms with Crippen LogP contribution < -0.4 is 5.32 Å². The van der Waals surface area contributed by atoms with Gasteiger partial charge in [-0.1, -0.05) is 105 Å². The molecule has 3 aliphatic carbocycles. The minimum atomic E-state index is 0.162. The molecule has 0 aliphatic heterocycles. The van der Waals surface area contributed by atoms with Crippen LogP contribution in [0.5, 0.6) is 0 Å². The van der Waals surface area contributed by atoms with Gasteiger partial charge in [-0.05, 0) is 112 Å². The molecule has 40 heavy (non-hydrogen) atoms. The lowest BCUT2D eigenvalue weighted by Crippen LogP contribution is -2.48. The molecule has 0 amide bonds. The number of hydrogen-bond acceptors (Lipinski definition) is 1. The van der Waals surface area contributed by atoms with Gasteiger partial charge >= 0.3 is 0 Å². The predicted molar refractivity (Wildman–Crippen MR) is 169 cm³/mol. The number of benzene rings is 5. The minimum absolute atomic E-state index is 0.162. The average molecular weight is 520 g/mol. The summed E-state index contributed by atoms with van der Waals surface area (Å²) < 4.78 is 0. The Kier molecular flexibility index (Phi) is 5.62. The molecule has 0 aromatic heterocycles. The highest BCUT2D eigenvalue weighted by atomic mass is 14.9. The predicted octanol–water partition coefficient (Wildman–Crippen LogP) is 10.8. The van der Waals surface area contributed by atoms with Crippen molar-refractivity contribution in [3.05, 3.63) is 120 Å². The van der Waals surface area contributed by atoms with Crippen LogP contribution in [-0.4, -0.2) is 0 Å². The third-order valence-corrected chi connectivity index (χ3v) is 10.6. The monoisotopic (exact) mass is 519 g/mol. The molecule has 1 spiro atoms. The Morgan fingerprint density at radius 1 is 0.650 bits per heavy atom. The van der Waals surface area contributed by atoms with Gasteiger partial charge in [-0.3, -0.25) is 0 Å². The first kappa shape index (κ1) is 24.0. The summed E-state index contributed by atoms with van der Waals surface area (Å²) in [6.45, 7) is 2.44. The van der Waals surface area contributed by atoms with Crippen molar-refractivity contribution in [3.8, 4) is 22.3 Å². The zero-order valence-corrected chi connectivity index (χ0v) is 23.4. The van der Waals surface area contributed by atoms with Gasteiger partial charge in [-0.2, -0.15) is 0 Å². The van der Waals surface area contributed by atoms with Crippen molar-refractivity contribution in [3.63, 3.8) is 0 Å². The van der Waals surface area contributed by atoms with E-state index in [1.807, 2.05) is 0 Å². The number of hydrogen-bond donors (Lipinski definition) is 1. The SMILES string of the molecule is CCC1CC2CCCC(C2)C12c1ccccc1-c1ccc(Nc3ccc(-c4ccc5ccccc5c4)cc3)cc12. The first-order valence-electron chi connectivity index (χ1n) is 15.3. The van der Waals surface area contributed by atoms with Gasteiger partial charge in [-0.15, -0.1) is 0 Å². The Bertz CT molecular complexity index is 1710. The summed E-state index contributed by atoms with van der Waals surface area (Å²) >= 11 is 0. The molecule has 0 radical (unpaired) electrons. The van der Waals surface area contributed by atoms with Gasteiger partial charge in [-0.25, -0.2) is 0 Å². The Balaban J connectivity index is 1.15. The summed E-state index contributed by atoms with van der Waals surface area (Å²) in [6.07, 6.45) is 8.25. The maximum Gasteiger partial charge on any atom is 0.0387 e. The molecule has 1 nitrogen and oxygen atoms in total. The highest BCUT2D eigenvalue weighted by Crippen LogP contribution is 2.64. The van der Waals surface area contributed by atoms with Gasteiger partial charge in [0, 0.05) is 16.8 Å². The lowest BCUT2D eigenvalue weighted by molar-refractivity contribution is 0.0557. The van der Waals surface area contributed by atoms with Crippen LogP contribution in [0, 0.1) is 17.8 Å². The van der Waals surface area contributed by atoms with Crippen LogP contribution >= 0.6 is 0 Å². The van der Waals surface area contributed by atoms with Crippen molar-refractivity contribution >= 4 is 22.1 Å². The van der Waals surface area contributed by atoms with Gasteiger partial charge in [0.05, 0.1) is 0 Å². The molecule has 4 unspecified atom stereocenters. The fourth-order valence-electron chi connectivity index (χ4n) is 8.91. The third kappa shape index (κ3) is 3.60. The van der Waals surface area contributed by atoms with Crippen molar-refractivity contribution in [1.29, 1.82) is 0 Å². The average Bonchev–Trinajstić information content (AvgIpc) is 3.30. The Morgan fingerprint density at radius 3 is 2.27 bits per heavy atom. The summed E-state index contributed by atoms with van der Waals surface area (Å²) in [5.41, 5.74) is 11.2. The highest BCUT2D eigenvalue weighted by molar-refractivity contribution is 5.88. The lowest BCUT2D eigenvalue weighted by atomic mass is 9.50. The van der Waals surface area contributed by atoms with Crippen molar-refractivity contribution in [2.75, 3.05) is 5.32 Å². The second-order valence-electron chi connectivity index (χ2n) is 12.5. The van der Waals surface area contributed by atoms with E-state index in [1.165, 1.54) is 77.2 Å². The van der Waals surface area contributed by atoms with Crippen LogP contribution in [0.25, 0.3) is 33.0 Å². The maximum atomic E-state index is 3.78. The van der Waals surface area contributed by atoms with E-state index in [1.54, 1.807) is 11.1 Å². The highest BCUT2D eigenvalue weighted by Gasteiger charge is 2.56. The summed E-state index contributed by atoms with van der Waals surface area (Å²) in [5, 5.41) is 6.35. The van der Waals surface area contributed by atoms with Crippen LogP contribution in [0.1, 0.15) is 56.6 Å². The number of nitrogens with one attached hydrogen (secondary N) is 1. The third-order valence-electron chi connectivity index (χ3n) is 10.6. The molecule has 2 bridgehead atoms. The first-order valence-corrected chi connectivity index (χ1v) is 15.3. The molecular weight excluding hydrogens is 482 g/mol. The van der Waals surface area contributed by atoms with E-state index in [0.29, 0.717) is 0 Å². The van der Waals surface area contributed by atoms with Crippen molar-refractivity contribution in [1.82, 2.24) is 0 Å². The number of rotatable bonds is 4. The van der Waals surface area contributed by atoms with Crippen LogP contribution in [0.3, 0.4) is 0 Å². The summed E-state index contributed by atoms with van der Waals surface area (Å²) in [4.78, 5) is 0. The van der Waals surface area contributed by atoms with E-state index in [2.05, 4.69) is 121 Å². The van der Waals surface area contributed by atoms with E-state index < -0.39 is 0 Å². The van der Waals surface area contributed by atoms with Crippen LogP contribution in [0.15, 0.2) is 109 Å². The van der Waals surface area contributed by atoms with Gasteiger partial charge in [0.15, 0.2) is 0 Å². The van der Waals surface area contributed by atoms with Crippen molar-refractivity contribution in [2.45, 2.75) is 50.9 Å². The van der Waals surface area contributed by atoms with E-state index in [0.717, 1.165) is 23.4 Å². The van der Waals surface area contributed by atoms with Crippen molar-refractivity contribution < 1.29 is 0 Å². The molecule has 5 aromatic rings. The molecule has 4 atom stereocenters. The smallest absolute Gasteiger partial charge is 0.0387 e. The van der Waals surface area contributed by atoms with Crippen LogP contribution in [0.4, 0.5) is 11.4 Å². The molecule has 0 saturated heterocycles. The fraction of sp³-hybridized carbons (Fsp3) is 0.282. The van der Waals surface area contributed by atoms with E-state index in [-0.39, 0.29) is 5.41 Å². The fourth-order valence-corrected chi connectivity index (χ4v) is 8.91. The second-order valence-corrected chi connectivity index (χ2v) is 12.5. The second kappa shape index (κ2) is 9.37. The molecule has 1 heteroatoms. The normalized spacial score (nSPS) is 24.6. The van der Waals surface area contributed by atoms with E-state index in [9.17, 15) is 0 Å². The van der Waals surface area contributed by atoms with Gasteiger partial charge < -0.3 is 5.32 Å². The van der Waals surface area contributed by atoms with E-state index >= 15 is 0 Å². The largest absolute Gasteiger partial charge is 0.356 e. The first-order chi connectivity index (χ1) is 19.7. The maximum absolute atomic E-state index is 3.78. The Morgan fingerprint density at radius 2 is 1.40 bits per heavy atom. The molecule has 8 rings (SSSR count). The molecule has 3 aliphatic rings. The Labute approximate surface area is 238 Å². The zero-order valence-electron chi connectivity index (χ0n) is 23.4. The van der Waals surface area contributed by atoms with Crippen LogP contribution in [-0.2, 0) is 5.41 Å². The quantitative estimate of drug-likeness (QED) is 0.249. The summed E-state index contributed by atoms with van der Waals surface area (Å²) in [6, 6.07) is 40.8. The molecule has 1 N–H and O–H groups in total. The van der Waals surface area contributed by atoms with E-state index in [4.69, 9.17) is 0 Å². The topological polar surface area (TPSA) is 12.0 Å². The molecule has 2 saturated carbocycles. The Hall–Kier alpha value is -3.84. The number of fused-ring (bicyclic) bond motifs is 9. The van der Waals surface area contributed by atoms with Crippen LogP contribution in [0.2, 0.25) is 0 Å². The standard InChI is InChI=1S/C39H37N/c1-2-31-22-26-8-7-11-32(23-26)39(31)37-13-6-5-12-35(37)36-21-20-34(25-38(36)39)40-33-18-16-28(17-19-33)30-15-14-27-9-3-4-10-29(27)24-30/h3-6,9-10,12-21,24-26,31-32,40H,2,7-8,11,22-23H2,1H3. The molecule has 198 valence electrons. The van der Waals surface area contributed by atoms with Crippen molar-refractivity contribution in [2.24, 2.45) is 17.8 Å². The molecular formula is C39H37N.